The van der Waals surface area contributed by atoms with Gasteiger partial charge in [-0.25, -0.2) is 14.8 Å². The summed E-state index contributed by atoms with van der Waals surface area (Å²) >= 11 is 5.94. The normalized spacial score (nSPS) is 11.9. The number of carbonyl (C=O) groups excluding carboxylic acids is 1. The number of fused-ring (bicyclic) bond motifs is 1. The molecule has 0 spiro atoms. The van der Waals surface area contributed by atoms with E-state index in [9.17, 15) is 18.0 Å². The van der Waals surface area contributed by atoms with Crippen LogP contribution in [0.25, 0.3) is 11.0 Å². The summed E-state index contributed by atoms with van der Waals surface area (Å²) in [4.78, 5) is 19.9. The number of hydrogen-bond donors (Lipinski definition) is 0. The molecular formula is C16H14ClF3N4O2. The van der Waals surface area contributed by atoms with E-state index in [0.29, 0.717) is 28.1 Å². The van der Waals surface area contributed by atoms with Crippen molar-refractivity contribution in [1.82, 2.24) is 19.1 Å². The minimum atomic E-state index is -4.36. The molecule has 0 aliphatic heterocycles. The maximum atomic E-state index is 12.7. The minimum Gasteiger partial charge on any atom is -0.465 e. The van der Waals surface area contributed by atoms with Gasteiger partial charge in [-0.1, -0.05) is 0 Å². The van der Waals surface area contributed by atoms with Gasteiger partial charge >= 0.3 is 12.1 Å². The fourth-order valence-corrected chi connectivity index (χ4v) is 2.88. The van der Waals surface area contributed by atoms with Gasteiger partial charge in [-0.15, -0.1) is 11.6 Å². The quantitative estimate of drug-likeness (QED) is 0.498. The summed E-state index contributed by atoms with van der Waals surface area (Å²) < 4.78 is 45.5. The highest BCUT2D eigenvalue weighted by Gasteiger charge is 2.29. The zero-order chi connectivity index (χ0) is 18.9. The van der Waals surface area contributed by atoms with Crippen LogP contribution in [-0.4, -0.2) is 38.4 Å². The van der Waals surface area contributed by atoms with E-state index in [1.807, 2.05) is 0 Å². The van der Waals surface area contributed by atoms with Crippen LogP contribution in [0.1, 0.15) is 21.9 Å². The minimum absolute atomic E-state index is 0.0651. The van der Waals surface area contributed by atoms with Gasteiger partial charge in [-0.3, -0.25) is 0 Å². The molecule has 0 aliphatic carbocycles. The molecule has 0 aliphatic rings. The molecule has 0 unspecified atom stereocenters. The van der Waals surface area contributed by atoms with Gasteiger partial charge in [0, 0.05) is 6.20 Å². The fraction of sp³-hybridized carbons (Fsp3) is 0.312. The molecule has 0 saturated heterocycles. The lowest BCUT2D eigenvalue weighted by Crippen LogP contribution is -2.20. The van der Waals surface area contributed by atoms with Gasteiger partial charge in [0.2, 0.25) is 0 Å². The molecule has 0 atom stereocenters. The van der Waals surface area contributed by atoms with E-state index >= 15 is 0 Å². The summed E-state index contributed by atoms with van der Waals surface area (Å²) in [7, 11) is 1.27. The number of hydrogen-bond acceptors (Lipinski definition) is 4. The summed E-state index contributed by atoms with van der Waals surface area (Å²) in [6.45, 7) is -1.06. The number of halogens is 4. The Balaban J connectivity index is 2.04. The monoisotopic (exact) mass is 386 g/mol. The van der Waals surface area contributed by atoms with E-state index < -0.39 is 18.7 Å². The molecule has 0 saturated carbocycles. The highest BCUT2D eigenvalue weighted by molar-refractivity contribution is 6.16. The largest absolute Gasteiger partial charge is 0.465 e. The number of alkyl halides is 4. The van der Waals surface area contributed by atoms with Crippen molar-refractivity contribution in [3.05, 3.63) is 47.8 Å². The summed E-state index contributed by atoms with van der Waals surface area (Å²) in [6, 6.07) is 4.78. The number of carbonyl (C=O) groups is 1. The Labute approximate surface area is 151 Å². The Morgan fingerprint density at radius 2 is 2.12 bits per heavy atom. The Kier molecular flexibility index (Phi) is 4.90. The van der Waals surface area contributed by atoms with Crippen molar-refractivity contribution >= 4 is 28.6 Å². The fourth-order valence-electron chi connectivity index (χ4n) is 2.67. The van der Waals surface area contributed by atoms with Crippen molar-refractivity contribution in [3.8, 4) is 0 Å². The lowest BCUT2D eigenvalue weighted by atomic mass is 10.2. The van der Waals surface area contributed by atoms with Crippen molar-refractivity contribution in [2.45, 2.75) is 25.1 Å². The number of rotatable bonds is 5. The molecule has 0 amide bonds. The number of ether oxygens (including phenoxy) is 1. The van der Waals surface area contributed by atoms with Crippen LogP contribution in [0, 0.1) is 0 Å². The zero-order valence-corrected chi connectivity index (χ0v) is 14.4. The standard InChI is InChI=1S/C16H14ClF3N4O2/c1-26-15(25)10-2-3-12-13(4-10)24(14(5-17)22-12)7-11-6-21-9-23(11)8-16(18,19)20/h2-4,6,9H,5,7-8H2,1H3. The Morgan fingerprint density at radius 3 is 2.77 bits per heavy atom. The van der Waals surface area contributed by atoms with Crippen LogP contribution in [0.3, 0.4) is 0 Å². The van der Waals surface area contributed by atoms with E-state index in [4.69, 9.17) is 16.3 Å². The molecule has 3 aromatic rings. The Hall–Kier alpha value is -2.55. The third kappa shape index (κ3) is 3.67. The molecule has 1 aromatic carbocycles. The number of methoxy groups -OCH3 is 1. The van der Waals surface area contributed by atoms with Gasteiger partial charge in [0.1, 0.15) is 12.4 Å². The number of imidazole rings is 2. The van der Waals surface area contributed by atoms with Gasteiger partial charge in [0.15, 0.2) is 0 Å². The highest BCUT2D eigenvalue weighted by Crippen LogP contribution is 2.23. The smallest absolute Gasteiger partial charge is 0.406 e. The summed E-state index contributed by atoms with van der Waals surface area (Å²) in [6.07, 6.45) is -1.87. The average Bonchev–Trinajstić information content (AvgIpc) is 3.17. The number of benzene rings is 1. The average molecular weight is 387 g/mol. The Morgan fingerprint density at radius 1 is 1.35 bits per heavy atom. The van der Waals surface area contributed by atoms with E-state index in [-0.39, 0.29) is 12.4 Å². The highest BCUT2D eigenvalue weighted by atomic mass is 35.5. The number of aromatic nitrogens is 4. The topological polar surface area (TPSA) is 61.9 Å². The number of esters is 1. The van der Waals surface area contributed by atoms with Gasteiger partial charge in [0.05, 0.1) is 48.2 Å². The van der Waals surface area contributed by atoms with E-state index in [2.05, 4.69) is 9.97 Å². The van der Waals surface area contributed by atoms with Crippen LogP contribution in [0.5, 0.6) is 0 Å². The second-order valence-electron chi connectivity index (χ2n) is 5.57. The Bertz CT molecular complexity index is 949. The molecule has 10 heteroatoms. The van der Waals surface area contributed by atoms with Crippen molar-refractivity contribution in [3.63, 3.8) is 0 Å². The van der Waals surface area contributed by atoms with Crippen molar-refractivity contribution in [2.24, 2.45) is 0 Å². The van der Waals surface area contributed by atoms with Gasteiger partial charge < -0.3 is 13.9 Å². The second kappa shape index (κ2) is 6.99. The molecule has 2 aromatic heterocycles. The van der Waals surface area contributed by atoms with E-state index in [1.54, 1.807) is 22.8 Å². The molecule has 0 fully saturated rings. The van der Waals surface area contributed by atoms with Crippen LogP contribution in [-0.2, 0) is 23.7 Å². The zero-order valence-electron chi connectivity index (χ0n) is 13.6. The molecule has 26 heavy (non-hydrogen) atoms. The molecule has 0 N–H and O–H groups in total. The molecule has 0 radical (unpaired) electrons. The van der Waals surface area contributed by atoms with E-state index in [1.165, 1.54) is 13.3 Å². The van der Waals surface area contributed by atoms with Crippen molar-refractivity contribution in [2.75, 3.05) is 7.11 Å². The summed E-state index contributed by atoms with van der Waals surface area (Å²) in [5.74, 6) is 0.0213. The van der Waals surface area contributed by atoms with E-state index in [0.717, 1.165) is 10.9 Å². The number of nitrogens with zero attached hydrogens (tertiary/aromatic N) is 4. The first kappa shape index (κ1) is 18.2. The molecule has 6 nitrogen and oxygen atoms in total. The summed E-state index contributed by atoms with van der Waals surface area (Å²) in [5.41, 5.74) is 1.81. The van der Waals surface area contributed by atoms with Gasteiger partial charge in [-0.05, 0) is 18.2 Å². The SMILES string of the molecule is COC(=O)c1ccc2nc(CCl)n(Cc3cncn3CC(F)(F)F)c2c1. The lowest BCUT2D eigenvalue weighted by molar-refractivity contribution is -0.141. The second-order valence-corrected chi connectivity index (χ2v) is 5.84. The molecular weight excluding hydrogens is 373 g/mol. The van der Waals surface area contributed by atoms with Gasteiger partial charge in [-0.2, -0.15) is 13.2 Å². The van der Waals surface area contributed by atoms with Crippen LogP contribution < -0.4 is 0 Å². The predicted molar refractivity (Wildman–Crippen MR) is 88.0 cm³/mol. The third-order valence-corrected chi connectivity index (χ3v) is 4.08. The van der Waals surface area contributed by atoms with Crippen molar-refractivity contribution < 1.29 is 22.7 Å². The van der Waals surface area contributed by atoms with Crippen LogP contribution >= 0.6 is 11.6 Å². The van der Waals surface area contributed by atoms with Crippen LogP contribution in [0.2, 0.25) is 0 Å². The van der Waals surface area contributed by atoms with Crippen LogP contribution in [0.15, 0.2) is 30.7 Å². The first-order valence-electron chi connectivity index (χ1n) is 7.51. The first-order valence-corrected chi connectivity index (χ1v) is 8.05. The van der Waals surface area contributed by atoms with Crippen LogP contribution in [0.4, 0.5) is 13.2 Å². The molecule has 138 valence electrons. The lowest BCUT2D eigenvalue weighted by Gasteiger charge is -2.13. The molecule has 2 heterocycles. The first-order chi connectivity index (χ1) is 12.3. The van der Waals surface area contributed by atoms with Gasteiger partial charge in [0.25, 0.3) is 0 Å². The maximum Gasteiger partial charge on any atom is 0.406 e. The van der Waals surface area contributed by atoms with Crippen molar-refractivity contribution in [1.29, 1.82) is 0 Å². The summed E-state index contributed by atoms with van der Waals surface area (Å²) in [5, 5.41) is 0. The molecule has 0 bridgehead atoms. The third-order valence-electron chi connectivity index (χ3n) is 3.84. The molecule has 3 rings (SSSR count). The maximum absolute atomic E-state index is 12.7. The predicted octanol–water partition coefficient (Wildman–Crippen LogP) is 3.37.